The van der Waals surface area contributed by atoms with Crippen molar-refractivity contribution >= 4 is 11.6 Å². The van der Waals surface area contributed by atoms with Crippen LogP contribution in [0.15, 0.2) is 24.3 Å². The molecule has 6 nitrogen and oxygen atoms in total. The van der Waals surface area contributed by atoms with E-state index in [1.165, 1.54) is 11.8 Å². The highest BCUT2D eigenvalue weighted by Crippen LogP contribution is 2.30. The van der Waals surface area contributed by atoms with Crippen LogP contribution in [0.3, 0.4) is 0 Å². The number of likely N-dealkylation sites (tertiary alicyclic amines) is 1. The van der Waals surface area contributed by atoms with Gasteiger partial charge in [0, 0.05) is 49.7 Å². The molecule has 0 unspecified atom stereocenters. The Labute approximate surface area is 189 Å². The Hall–Kier alpha value is -2.41. The van der Waals surface area contributed by atoms with E-state index in [9.17, 15) is 14.3 Å². The zero-order chi connectivity index (χ0) is 22.1. The second-order valence-electron chi connectivity index (χ2n) is 9.57. The number of hydrogen-bond donors (Lipinski definition) is 1. The first-order valence-electron chi connectivity index (χ1n) is 12.1. The number of aliphatic hydroxyl groups is 1. The van der Waals surface area contributed by atoms with Crippen molar-refractivity contribution < 1.29 is 14.3 Å². The molecule has 0 bridgehead atoms. The number of aryl methyl sites for hydroxylation is 1. The smallest absolute Gasteiger partial charge is 0.274 e. The molecule has 1 aromatic carbocycles. The minimum Gasteiger partial charge on any atom is -0.393 e. The molecule has 2 aliphatic heterocycles. The number of amides is 1. The van der Waals surface area contributed by atoms with E-state index in [4.69, 9.17) is 5.10 Å². The van der Waals surface area contributed by atoms with E-state index in [1.54, 1.807) is 12.1 Å². The number of aliphatic hydroxyl groups excluding tert-OH is 1. The number of carbonyl (C=O) groups excluding carboxylic acids is 1. The van der Waals surface area contributed by atoms with Crippen molar-refractivity contribution in [3.8, 4) is 0 Å². The van der Waals surface area contributed by atoms with Gasteiger partial charge in [-0.2, -0.15) is 5.10 Å². The second-order valence-corrected chi connectivity index (χ2v) is 9.57. The van der Waals surface area contributed by atoms with Gasteiger partial charge in [0.05, 0.1) is 6.10 Å². The molecule has 1 aliphatic carbocycles. The van der Waals surface area contributed by atoms with Crippen molar-refractivity contribution in [2.24, 2.45) is 5.92 Å². The van der Waals surface area contributed by atoms with Gasteiger partial charge in [0.25, 0.3) is 5.91 Å². The molecule has 32 heavy (non-hydrogen) atoms. The largest absolute Gasteiger partial charge is 0.393 e. The first kappa shape index (κ1) is 21.4. The number of anilines is 1. The van der Waals surface area contributed by atoms with Gasteiger partial charge in [0.1, 0.15) is 5.82 Å². The van der Waals surface area contributed by atoms with Gasteiger partial charge >= 0.3 is 0 Å². The van der Waals surface area contributed by atoms with Gasteiger partial charge in [0.15, 0.2) is 5.69 Å². The van der Waals surface area contributed by atoms with Gasteiger partial charge in [-0.15, -0.1) is 0 Å². The molecule has 1 N–H and O–H groups in total. The maximum atomic E-state index is 13.5. The standard InChI is InChI=1S/C25H33FN4O2/c26-19-3-1-4-20(17-19)28-12-7-18(8-13-28)9-16-30-23-6-2-5-22(23)24(27-30)25(32)29-14-10-21(31)11-15-29/h1,3-4,17-18,21,31H,2,5-16H2. The molecule has 172 valence electrons. The van der Waals surface area contributed by atoms with Crippen molar-refractivity contribution in [3.05, 3.63) is 47.0 Å². The van der Waals surface area contributed by atoms with Crippen LogP contribution < -0.4 is 4.90 Å². The van der Waals surface area contributed by atoms with Gasteiger partial charge in [-0.05, 0) is 75.5 Å². The number of hydrogen-bond acceptors (Lipinski definition) is 4. The van der Waals surface area contributed by atoms with Crippen molar-refractivity contribution in [1.82, 2.24) is 14.7 Å². The molecule has 1 amide bonds. The third kappa shape index (κ3) is 4.40. The molecule has 2 aromatic rings. The monoisotopic (exact) mass is 440 g/mol. The summed E-state index contributed by atoms with van der Waals surface area (Å²) in [7, 11) is 0. The lowest BCUT2D eigenvalue weighted by Gasteiger charge is -2.33. The summed E-state index contributed by atoms with van der Waals surface area (Å²) in [4.78, 5) is 17.3. The summed E-state index contributed by atoms with van der Waals surface area (Å²) in [6.07, 6.45) is 7.34. The molecule has 0 spiro atoms. The van der Waals surface area contributed by atoms with Gasteiger partial charge in [-0.3, -0.25) is 9.48 Å². The Bertz CT molecular complexity index is 959. The molecule has 2 saturated heterocycles. The van der Waals surface area contributed by atoms with Gasteiger partial charge in [-0.1, -0.05) is 6.07 Å². The summed E-state index contributed by atoms with van der Waals surface area (Å²) in [6, 6.07) is 6.87. The first-order valence-corrected chi connectivity index (χ1v) is 12.1. The third-order valence-corrected chi connectivity index (χ3v) is 7.50. The molecule has 0 saturated carbocycles. The molecular formula is C25H33FN4O2. The zero-order valence-corrected chi connectivity index (χ0v) is 18.7. The van der Waals surface area contributed by atoms with Crippen LogP contribution in [0.2, 0.25) is 0 Å². The van der Waals surface area contributed by atoms with E-state index in [2.05, 4.69) is 9.58 Å². The fourth-order valence-corrected chi connectivity index (χ4v) is 5.54. The molecule has 3 aliphatic rings. The van der Waals surface area contributed by atoms with Crippen LogP contribution in [0.25, 0.3) is 0 Å². The van der Waals surface area contributed by atoms with Gasteiger partial charge in [-0.25, -0.2) is 4.39 Å². The summed E-state index contributed by atoms with van der Waals surface area (Å²) >= 11 is 0. The van der Waals surface area contributed by atoms with E-state index >= 15 is 0 Å². The third-order valence-electron chi connectivity index (χ3n) is 7.50. The highest BCUT2D eigenvalue weighted by Gasteiger charge is 2.31. The number of carbonyl (C=O) groups is 1. The highest BCUT2D eigenvalue weighted by atomic mass is 19.1. The van der Waals surface area contributed by atoms with Crippen LogP contribution in [-0.4, -0.2) is 58.0 Å². The summed E-state index contributed by atoms with van der Waals surface area (Å²) in [5.41, 5.74) is 4.03. The number of piperidine rings is 2. The minimum atomic E-state index is -0.283. The van der Waals surface area contributed by atoms with Crippen LogP contribution in [0.4, 0.5) is 10.1 Å². The Balaban J connectivity index is 1.19. The molecular weight excluding hydrogens is 407 g/mol. The van der Waals surface area contributed by atoms with Crippen molar-refractivity contribution in [2.75, 3.05) is 31.1 Å². The maximum Gasteiger partial charge on any atom is 0.274 e. The summed E-state index contributed by atoms with van der Waals surface area (Å²) < 4.78 is 15.6. The molecule has 0 radical (unpaired) electrons. The highest BCUT2D eigenvalue weighted by molar-refractivity contribution is 5.94. The fraction of sp³-hybridized carbons (Fsp3) is 0.600. The summed E-state index contributed by atoms with van der Waals surface area (Å²) in [6.45, 7) is 4.00. The Morgan fingerprint density at radius 2 is 1.88 bits per heavy atom. The number of nitrogens with zero attached hydrogens (tertiary/aromatic N) is 4. The average molecular weight is 441 g/mol. The Morgan fingerprint density at radius 3 is 2.62 bits per heavy atom. The number of aromatic nitrogens is 2. The lowest BCUT2D eigenvalue weighted by Crippen LogP contribution is -2.40. The molecule has 0 atom stereocenters. The topological polar surface area (TPSA) is 61.6 Å². The van der Waals surface area contributed by atoms with Crippen LogP contribution in [0, 0.1) is 11.7 Å². The van der Waals surface area contributed by atoms with E-state index < -0.39 is 0 Å². The van der Waals surface area contributed by atoms with Crippen molar-refractivity contribution in [2.45, 2.75) is 64.0 Å². The number of halogens is 1. The predicted molar refractivity (Wildman–Crippen MR) is 121 cm³/mol. The van der Waals surface area contributed by atoms with Crippen LogP contribution >= 0.6 is 0 Å². The first-order chi connectivity index (χ1) is 15.6. The predicted octanol–water partition coefficient (Wildman–Crippen LogP) is 3.41. The van der Waals surface area contributed by atoms with Crippen molar-refractivity contribution in [1.29, 1.82) is 0 Å². The quantitative estimate of drug-likeness (QED) is 0.774. The molecule has 3 heterocycles. The maximum absolute atomic E-state index is 13.5. The molecule has 7 heteroatoms. The van der Waals surface area contributed by atoms with Gasteiger partial charge in [0.2, 0.25) is 0 Å². The fourth-order valence-electron chi connectivity index (χ4n) is 5.54. The van der Waals surface area contributed by atoms with E-state index in [1.807, 2.05) is 11.0 Å². The van der Waals surface area contributed by atoms with Crippen LogP contribution in [-0.2, 0) is 19.4 Å². The Morgan fingerprint density at radius 1 is 1.09 bits per heavy atom. The molecule has 1 aromatic heterocycles. The normalized spacial score (nSPS) is 20.1. The molecule has 2 fully saturated rings. The average Bonchev–Trinajstić information content (AvgIpc) is 3.41. The van der Waals surface area contributed by atoms with E-state index in [0.29, 0.717) is 37.5 Å². The summed E-state index contributed by atoms with van der Waals surface area (Å²) in [5.74, 6) is 0.490. The zero-order valence-electron chi connectivity index (χ0n) is 18.7. The second kappa shape index (κ2) is 9.22. The number of fused-ring (bicyclic) bond motifs is 1. The number of rotatable bonds is 5. The van der Waals surface area contributed by atoms with E-state index in [0.717, 1.165) is 69.4 Å². The Kier molecular flexibility index (Phi) is 6.17. The molecule has 5 rings (SSSR count). The van der Waals surface area contributed by atoms with Crippen LogP contribution in [0.1, 0.15) is 60.3 Å². The van der Waals surface area contributed by atoms with Crippen molar-refractivity contribution in [3.63, 3.8) is 0 Å². The van der Waals surface area contributed by atoms with Gasteiger partial charge < -0.3 is 14.9 Å². The lowest BCUT2D eigenvalue weighted by atomic mass is 9.93. The lowest BCUT2D eigenvalue weighted by molar-refractivity contribution is 0.0540. The minimum absolute atomic E-state index is 0.0391. The number of benzene rings is 1. The van der Waals surface area contributed by atoms with Crippen LogP contribution in [0.5, 0.6) is 0 Å². The van der Waals surface area contributed by atoms with E-state index in [-0.39, 0.29) is 17.8 Å². The summed E-state index contributed by atoms with van der Waals surface area (Å²) in [5, 5.41) is 14.5. The SMILES string of the molecule is O=C(c1nn(CCC2CCN(c3cccc(F)c3)CC2)c2c1CCC2)N1CCC(O)CC1.